The van der Waals surface area contributed by atoms with Crippen molar-refractivity contribution in [2.75, 3.05) is 0 Å². The fraction of sp³-hybridized carbons (Fsp3) is 0.385. The Kier molecular flexibility index (Phi) is 4.27. The van der Waals surface area contributed by atoms with E-state index in [1.54, 1.807) is 18.3 Å². The molecule has 0 bridgehead atoms. The van der Waals surface area contributed by atoms with Gasteiger partial charge in [0.1, 0.15) is 5.15 Å². The third-order valence-corrected chi connectivity index (χ3v) is 4.40. The summed E-state index contributed by atoms with van der Waals surface area (Å²) in [6, 6.07) is 3.64. The number of aromatic amines is 1. The van der Waals surface area contributed by atoms with Gasteiger partial charge in [-0.15, -0.1) is 11.3 Å². The van der Waals surface area contributed by atoms with Gasteiger partial charge in [-0.2, -0.15) is 0 Å². The van der Waals surface area contributed by atoms with Crippen LogP contribution in [0, 0.1) is 6.92 Å². The van der Waals surface area contributed by atoms with Crippen molar-refractivity contribution < 1.29 is 0 Å². The van der Waals surface area contributed by atoms with Crippen LogP contribution in [-0.4, -0.2) is 9.55 Å². The molecule has 2 rings (SSSR count). The van der Waals surface area contributed by atoms with E-state index in [4.69, 9.17) is 11.6 Å². The van der Waals surface area contributed by atoms with Crippen molar-refractivity contribution in [3.63, 3.8) is 0 Å². The van der Waals surface area contributed by atoms with Crippen LogP contribution in [0.4, 0.5) is 0 Å². The first-order valence-electron chi connectivity index (χ1n) is 6.10. The molecule has 0 aromatic carbocycles. The SMILES string of the molecule is CCCC(c1cccs1)n1c(=O)[nH]c(Cl)c(C)c1=O. The lowest BCUT2D eigenvalue weighted by molar-refractivity contribution is 0.500. The lowest BCUT2D eigenvalue weighted by atomic mass is 10.1. The monoisotopic (exact) mass is 298 g/mol. The maximum absolute atomic E-state index is 12.3. The molecule has 1 atom stereocenters. The largest absolute Gasteiger partial charge is 0.330 e. The number of nitrogens with zero attached hydrogens (tertiary/aromatic N) is 1. The second-order valence-electron chi connectivity index (χ2n) is 4.36. The second-order valence-corrected chi connectivity index (χ2v) is 5.72. The number of rotatable bonds is 4. The number of aromatic nitrogens is 2. The van der Waals surface area contributed by atoms with E-state index in [0.29, 0.717) is 5.56 Å². The van der Waals surface area contributed by atoms with Crippen LogP contribution in [-0.2, 0) is 0 Å². The van der Waals surface area contributed by atoms with Gasteiger partial charge in [0.2, 0.25) is 0 Å². The Bertz CT molecular complexity index is 673. The van der Waals surface area contributed by atoms with E-state index in [-0.39, 0.29) is 16.8 Å². The molecule has 0 aliphatic carbocycles. The third kappa shape index (κ3) is 2.67. The summed E-state index contributed by atoms with van der Waals surface area (Å²) in [5, 5.41) is 2.06. The van der Waals surface area contributed by atoms with Crippen LogP contribution in [0.25, 0.3) is 0 Å². The highest BCUT2D eigenvalue weighted by Crippen LogP contribution is 2.25. The molecule has 1 N–H and O–H groups in total. The molecule has 0 saturated carbocycles. The summed E-state index contributed by atoms with van der Waals surface area (Å²) < 4.78 is 1.27. The van der Waals surface area contributed by atoms with E-state index in [1.165, 1.54) is 4.57 Å². The normalized spacial score (nSPS) is 12.6. The Morgan fingerprint density at radius 3 is 2.79 bits per heavy atom. The number of nitrogens with one attached hydrogen (secondary N) is 1. The molecule has 0 spiro atoms. The van der Waals surface area contributed by atoms with Gasteiger partial charge in [-0.3, -0.25) is 14.3 Å². The maximum atomic E-state index is 12.3. The van der Waals surface area contributed by atoms with E-state index in [9.17, 15) is 9.59 Å². The van der Waals surface area contributed by atoms with Crippen molar-refractivity contribution in [1.82, 2.24) is 9.55 Å². The summed E-state index contributed by atoms with van der Waals surface area (Å²) in [4.78, 5) is 27.9. The van der Waals surface area contributed by atoms with Gasteiger partial charge in [0.15, 0.2) is 0 Å². The van der Waals surface area contributed by atoms with E-state index >= 15 is 0 Å². The molecule has 102 valence electrons. The first-order chi connectivity index (χ1) is 9.06. The molecular formula is C13H15ClN2O2S. The van der Waals surface area contributed by atoms with Gasteiger partial charge >= 0.3 is 5.69 Å². The maximum Gasteiger partial charge on any atom is 0.330 e. The molecule has 2 aromatic heterocycles. The fourth-order valence-electron chi connectivity index (χ4n) is 2.05. The quantitative estimate of drug-likeness (QED) is 0.882. The number of hydrogen-bond acceptors (Lipinski definition) is 3. The van der Waals surface area contributed by atoms with Crippen molar-refractivity contribution in [2.45, 2.75) is 32.7 Å². The first kappa shape index (κ1) is 14.1. The molecule has 0 amide bonds. The number of H-pyrrole nitrogens is 1. The van der Waals surface area contributed by atoms with Crippen LogP contribution >= 0.6 is 22.9 Å². The minimum absolute atomic E-state index is 0.118. The Morgan fingerprint density at radius 2 is 2.21 bits per heavy atom. The van der Waals surface area contributed by atoms with Gasteiger partial charge in [0.25, 0.3) is 5.56 Å². The fourth-order valence-corrected chi connectivity index (χ4v) is 3.06. The van der Waals surface area contributed by atoms with Gasteiger partial charge in [-0.25, -0.2) is 4.79 Å². The second kappa shape index (κ2) is 5.75. The summed E-state index contributed by atoms with van der Waals surface area (Å²) in [7, 11) is 0. The first-order valence-corrected chi connectivity index (χ1v) is 7.36. The molecule has 4 nitrogen and oxygen atoms in total. The molecule has 0 aliphatic heterocycles. The van der Waals surface area contributed by atoms with E-state index in [2.05, 4.69) is 4.98 Å². The lowest BCUT2D eigenvalue weighted by Gasteiger charge is -2.17. The predicted octanol–water partition coefficient (Wildman–Crippen LogP) is 2.95. The van der Waals surface area contributed by atoms with Crippen molar-refractivity contribution in [3.8, 4) is 0 Å². The number of hydrogen-bond donors (Lipinski definition) is 1. The van der Waals surface area contributed by atoms with E-state index in [1.807, 2.05) is 24.4 Å². The molecule has 0 fully saturated rings. The van der Waals surface area contributed by atoms with Crippen LogP contribution in [0.3, 0.4) is 0 Å². The zero-order chi connectivity index (χ0) is 14.0. The molecule has 0 saturated heterocycles. The van der Waals surface area contributed by atoms with Crippen LogP contribution in [0.2, 0.25) is 5.15 Å². The van der Waals surface area contributed by atoms with Gasteiger partial charge < -0.3 is 0 Å². The summed E-state index contributed by atoms with van der Waals surface area (Å²) in [5.41, 5.74) is -0.396. The predicted molar refractivity (Wildman–Crippen MR) is 78.4 cm³/mol. The molecular weight excluding hydrogens is 284 g/mol. The highest BCUT2D eigenvalue weighted by molar-refractivity contribution is 7.10. The Hall–Kier alpha value is -1.33. The molecule has 2 heterocycles. The van der Waals surface area contributed by atoms with Crippen molar-refractivity contribution in [1.29, 1.82) is 0 Å². The molecule has 0 aliphatic rings. The Balaban J connectivity index is 2.64. The van der Waals surface area contributed by atoms with Gasteiger partial charge in [0.05, 0.1) is 6.04 Å². The Labute approximate surface area is 119 Å². The zero-order valence-corrected chi connectivity index (χ0v) is 12.3. The lowest BCUT2D eigenvalue weighted by Crippen LogP contribution is -2.39. The molecule has 2 aromatic rings. The average Bonchev–Trinajstić information content (AvgIpc) is 2.89. The summed E-state index contributed by atoms with van der Waals surface area (Å²) >= 11 is 7.38. The minimum Gasteiger partial charge on any atom is -0.297 e. The summed E-state index contributed by atoms with van der Waals surface area (Å²) in [6.07, 6.45) is 1.63. The highest BCUT2D eigenvalue weighted by atomic mass is 35.5. The molecule has 1 unspecified atom stereocenters. The smallest absolute Gasteiger partial charge is 0.297 e. The van der Waals surface area contributed by atoms with Crippen LogP contribution in [0.15, 0.2) is 27.1 Å². The molecule has 0 radical (unpaired) electrons. The van der Waals surface area contributed by atoms with Gasteiger partial charge in [-0.1, -0.05) is 31.0 Å². The van der Waals surface area contributed by atoms with E-state index in [0.717, 1.165) is 17.7 Å². The number of thiophene rings is 1. The standard InChI is InChI=1S/C13H15ClN2O2S/c1-3-5-9(10-6-4-7-19-10)16-12(17)8(2)11(14)15-13(16)18/h4,6-7,9H,3,5H2,1-2H3,(H,15,18). The van der Waals surface area contributed by atoms with Crippen molar-refractivity contribution in [3.05, 3.63) is 53.9 Å². The Morgan fingerprint density at radius 1 is 1.47 bits per heavy atom. The molecule has 19 heavy (non-hydrogen) atoms. The van der Waals surface area contributed by atoms with Crippen molar-refractivity contribution >= 4 is 22.9 Å². The minimum atomic E-state index is -0.451. The van der Waals surface area contributed by atoms with Crippen molar-refractivity contribution in [2.24, 2.45) is 0 Å². The zero-order valence-electron chi connectivity index (χ0n) is 10.8. The topological polar surface area (TPSA) is 54.9 Å². The average molecular weight is 299 g/mol. The molecule has 6 heteroatoms. The summed E-state index contributed by atoms with van der Waals surface area (Å²) in [6.45, 7) is 3.65. The van der Waals surface area contributed by atoms with Crippen LogP contribution in [0.5, 0.6) is 0 Å². The highest BCUT2D eigenvalue weighted by Gasteiger charge is 2.20. The van der Waals surface area contributed by atoms with Gasteiger partial charge in [-0.05, 0) is 24.8 Å². The third-order valence-electron chi connectivity index (χ3n) is 3.05. The number of halogens is 1. The van der Waals surface area contributed by atoms with Gasteiger partial charge in [0, 0.05) is 10.4 Å². The van der Waals surface area contributed by atoms with Crippen LogP contribution < -0.4 is 11.2 Å². The van der Waals surface area contributed by atoms with Crippen LogP contribution in [0.1, 0.15) is 36.2 Å². The summed E-state index contributed by atoms with van der Waals surface area (Å²) in [5.74, 6) is 0. The van der Waals surface area contributed by atoms with E-state index < -0.39 is 5.69 Å².